The number of nitrogens with one attached hydrogen (secondary N) is 1. The number of fused-ring (bicyclic) bond motifs is 1. The fraction of sp³-hybridized carbons (Fsp3) is 0.500. The van der Waals surface area contributed by atoms with Crippen LogP contribution >= 0.6 is 11.3 Å². The highest BCUT2D eigenvalue weighted by Crippen LogP contribution is 2.30. The number of hydrogen-bond acceptors (Lipinski definition) is 6. The molecule has 0 atom stereocenters. The number of anilines is 1. The Labute approximate surface area is 110 Å². The molecule has 6 heteroatoms. The minimum atomic E-state index is 0.498. The Morgan fingerprint density at radius 3 is 2.89 bits per heavy atom. The summed E-state index contributed by atoms with van der Waals surface area (Å²) in [6.45, 7) is 5.78. The van der Waals surface area contributed by atoms with E-state index in [2.05, 4.69) is 28.3 Å². The summed E-state index contributed by atoms with van der Waals surface area (Å²) in [7, 11) is 1.80. The molecule has 2 aromatic rings. The molecule has 0 saturated heterocycles. The van der Waals surface area contributed by atoms with E-state index < -0.39 is 0 Å². The van der Waals surface area contributed by atoms with E-state index in [4.69, 9.17) is 9.47 Å². The lowest BCUT2D eigenvalue weighted by atomic mass is 10.3. The number of rotatable bonds is 6. The molecule has 0 saturated carbocycles. The molecule has 0 amide bonds. The second kappa shape index (κ2) is 5.97. The van der Waals surface area contributed by atoms with Crippen LogP contribution in [0.25, 0.3) is 10.2 Å². The first kappa shape index (κ1) is 13.0. The molecule has 0 unspecified atom stereocenters. The van der Waals surface area contributed by atoms with Crippen LogP contribution in [0.3, 0.4) is 0 Å². The van der Waals surface area contributed by atoms with Gasteiger partial charge in [-0.1, -0.05) is 0 Å². The van der Waals surface area contributed by atoms with E-state index in [0.717, 1.165) is 10.2 Å². The van der Waals surface area contributed by atoms with E-state index in [1.54, 1.807) is 18.4 Å². The van der Waals surface area contributed by atoms with Gasteiger partial charge in [-0.3, -0.25) is 0 Å². The van der Waals surface area contributed by atoms with Gasteiger partial charge < -0.3 is 14.8 Å². The summed E-state index contributed by atoms with van der Waals surface area (Å²) in [5.74, 6) is 1.20. The van der Waals surface area contributed by atoms with Crippen LogP contribution in [-0.2, 0) is 4.74 Å². The first-order chi connectivity index (χ1) is 8.74. The zero-order valence-corrected chi connectivity index (χ0v) is 11.6. The van der Waals surface area contributed by atoms with Gasteiger partial charge in [0.15, 0.2) is 0 Å². The molecule has 0 fully saturated rings. The summed E-state index contributed by atoms with van der Waals surface area (Å²) >= 11 is 1.64. The molecule has 0 aliphatic rings. The Hall–Kier alpha value is -1.40. The van der Waals surface area contributed by atoms with Crippen LogP contribution in [0.4, 0.5) is 5.95 Å². The maximum absolute atomic E-state index is 5.67. The summed E-state index contributed by atoms with van der Waals surface area (Å²) in [4.78, 5) is 10.9. The standard InChI is InChI=1S/C12H17N3O2S/c1-4-16-5-6-17-10-9-7-8(2)18-11(9)15-12(13-3)14-10/h7H,4-6H2,1-3H3,(H,13,14,15). The Bertz CT molecular complexity index is 527. The minimum absolute atomic E-state index is 0.498. The second-order valence-electron chi connectivity index (χ2n) is 3.72. The van der Waals surface area contributed by atoms with Gasteiger partial charge in [0.1, 0.15) is 11.4 Å². The summed E-state index contributed by atoms with van der Waals surface area (Å²) in [5.41, 5.74) is 0. The molecule has 1 N–H and O–H groups in total. The van der Waals surface area contributed by atoms with Gasteiger partial charge in [-0.2, -0.15) is 4.98 Å². The fourth-order valence-corrected chi connectivity index (χ4v) is 2.45. The lowest BCUT2D eigenvalue weighted by molar-refractivity contribution is 0.109. The largest absolute Gasteiger partial charge is 0.475 e. The van der Waals surface area contributed by atoms with E-state index in [-0.39, 0.29) is 0 Å². The van der Waals surface area contributed by atoms with Crippen LogP contribution in [0.15, 0.2) is 6.07 Å². The molecule has 0 spiro atoms. The number of aryl methyl sites for hydroxylation is 1. The summed E-state index contributed by atoms with van der Waals surface area (Å²) < 4.78 is 10.9. The van der Waals surface area contributed by atoms with Crippen molar-refractivity contribution in [3.63, 3.8) is 0 Å². The molecule has 2 heterocycles. The van der Waals surface area contributed by atoms with Crippen LogP contribution in [0.2, 0.25) is 0 Å². The first-order valence-electron chi connectivity index (χ1n) is 5.91. The predicted octanol–water partition coefficient (Wildman–Crippen LogP) is 2.46. The van der Waals surface area contributed by atoms with Crippen molar-refractivity contribution in [1.29, 1.82) is 0 Å². The number of hydrogen-bond donors (Lipinski definition) is 1. The van der Waals surface area contributed by atoms with Crippen molar-refractivity contribution in [3.05, 3.63) is 10.9 Å². The Morgan fingerprint density at radius 1 is 1.33 bits per heavy atom. The van der Waals surface area contributed by atoms with Crippen LogP contribution in [0.5, 0.6) is 5.88 Å². The van der Waals surface area contributed by atoms with Gasteiger partial charge in [-0.05, 0) is 19.9 Å². The highest BCUT2D eigenvalue weighted by molar-refractivity contribution is 7.18. The molecular weight excluding hydrogens is 250 g/mol. The Balaban J connectivity index is 2.23. The maximum Gasteiger partial charge on any atom is 0.227 e. The smallest absolute Gasteiger partial charge is 0.227 e. The highest BCUT2D eigenvalue weighted by Gasteiger charge is 2.11. The molecule has 0 bridgehead atoms. The second-order valence-corrected chi connectivity index (χ2v) is 4.96. The van der Waals surface area contributed by atoms with Crippen LogP contribution in [0, 0.1) is 6.92 Å². The highest BCUT2D eigenvalue weighted by atomic mass is 32.1. The SMILES string of the molecule is CCOCCOc1nc(NC)nc2sc(C)cc12. The molecule has 0 aliphatic carbocycles. The van der Waals surface area contributed by atoms with Gasteiger partial charge in [0, 0.05) is 18.5 Å². The zero-order valence-electron chi connectivity index (χ0n) is 10.8. The van der Waals surface area contributed by atoms with Gasteiger partial charge in [-0.15, -0.1) is 11.3 Å². The average molecular weight is 267 g/mol. The third kappa shape index (κ3) is 2.88. The van der Waals surface area contributed by atoms with Gasteiger partial charge in [0.05, 0.1) is 12.0 Å². The molecule has 5 nitrogen and oxygen atoms in total. The van der Waals surface area contributed by atoms with Crippen molar-refractivity contribution >= 4 is 27.5 Å². The summed E-state index contributed by atoms with van der Waals surface area (Å²) in [6, 6.07) is 2.05. The molecule has 18 heavy (non-hydrogen) atoms. The number of nitrogens with zero attached hydrogens (tertiary/aromatic N) is 2. The number of thiophene rings is 1. The normalized spacial score (nSPS) is 10.8. The van der Waals surface area contributed by atoms with Crippen molar-refractivity contribution in [2.24, 2.45) is 0 Å². The zero-order chi connectivity index (χ0) is 13.0. The van der Waals surface area contributed by atoms with Crippen molar-refractivity contribution in [2.45, 2.75) is 13.8 Å². The number of ether oxygens (including phenoxy) is 2. The Kier molecular flexibility index (Phi) is 4.33. The molecule has 0 aliphatic heterocycles. The first-order valence-corrected chi connectivity index (χ1v) is 6.72. The van der Waals surface area contributed by atoms with Crippen molar-refractivity contribution in [3.8, 4) is 5.88 Å². The summed E-state index contributed by atoms with van der Waals surface area (Å²) in [6.07, 6.45) is 0. The van der Waals surface area contributed by atoms with Crippen LogP contribution in [0.1, 0.15) is 11.8 Å². The molecule has 0 aromatic carbocycles. The average Bonchev–Trinajstić information content (AvgIpc) is 2.74. The van der Waals surface area contributed by atoms with E-state index in [0.29, 0.717) is 31.6 Å². The third-order valence-electron chi connectivity index (χ3n) is 2.38. The maximum atomic E-state index is 5.67. The van der Waals surface area contributed by atoms with E-state index >= 15 is 0 Å². The lowest BCUT2D eigenvalue weighted by Crippen LogP contribution is -2.08. The number of aromatic nitrogens is 2. The monoisotopic (exact) mass is 267 g/mol. The molecular formula is C12H17N3O2S. The van der Waals surface area contributed by atoms with Gasteiger partial charge >= 0.3 is 0 Å². The van der Waals surface area contributed by atoms with Gasteiger partial charge in [0.2, 0.25) is 11.8 Å². The Morgan fingerprint density at radius 2 is 2.17 bits per heavy atom. The molecule has 98 valence electrons. The molecule has 2 aromatic heterocycles. The van der Waals surface area contributed by atoms with Crippen molar-refractivity contribution in [2.75, 3.05) is 32.2 Å². The van der Waals surface area contributed by atoms with Gasteiger partial charge in [0.25, 0.3) is 0 Å². The quantitative estimate of drug-likeness (QED) is 0.815. The third-order valence-corrected chi connectivity index (χ3v) is 3.32. The fourth-order valence-electron chi connectivity index (χ4n) is 1.58. The minimum Gasteiger partial charge on any atom is -0.475 e. The predicted molar refractivity (Wildman–Crippen MR) is 73.7 cm³/mol. The lowest BCUT2D eigenvalue weighted by Gasteiger charge is -2.07. The molecule has 2 rings (SSSR count). The van der Waals surface area contributed by atoms with Crippen LogP contribution < -0.4 is 10.1 Å². The van der Waals surface area contributed by atoms with E-state index in [9.17, 15) is 0 Å². The van der Waals surface area contributed by atoms with Crippen molar-refractivity contribution in [1.82, 2.24) is 9.97 Å². The van der Waals surface area contributed by atoms with E-state index in [1.807, 2.05) is 6.92 Å². The topological polar surface area (TPSA) is 56.3 Å². The van der Waals surface area contributed by atoms with Crippen molar-refractivity contribution < 1.29 is 9.47 Å². The van der Waals surface area contributed by atoms with Gasteiger partial charge in [-0.25, -0.2) is 4.98 Å². The summed E-state index contributed by atoms with van der Waals surface area (Å²) in [5, 5.41) is 3.91. The van der Waals surface area contributed by atoms with Crippen LogP contribution in [-0.4, -0.2) is 36.8 Å². The molecule has 0 radical (unpaired) electrons. The van der Waals surface area contributed by atoms with E-state index in [1.165, 1.54) is 4.88 Å².